The van der Waals surface area contributed by atoms with Gasteiger partial charge in [0.25, 0.3) is 5.91 Å². The highest BCUT2D eigenvalue weighted by atomic mass is 16.2. The van der Waals surface area contributed by atoms with Crippen LogP contribution in [0.3, 0.4) is 0 Å². The Morgan fingerprint density at radius 2 is 2.08 bits per heavy atom. The number of amides is 1. The lowest BCUT2D eigenvalue weighted by Gasteiger charge is -2.32. The fraction of sp³-hybridized carbons (Fsp3) is 0.412. The average Bonchev–Trinajstić information content (AvgIpc) is 3.05. The Balaban J connectivity index is 1.47. The molecule has 8 nitrogen and oxygen atoms in total. The third-order valence-corrected chi connectivity index (χ3v) is 5.29. The molecule has 3 aromatic rings. The van der Waals surface area contributed by atoms with Gasteiger partial charge < -0.3 is 14.8 Å². The molecule has 8 heteroatoms. The summed E-state index contributed by atoms with van der Waals surface area (Å²) < 4.78 is 0. The molecular weight excluding hydrogens is 318 g/mol. The Hall–Kier alpha value is -2.90. The normalized spacial score (nSPS) is 19.4. The Morgan fingerprint density at radius 3 is 2.88 bits per heavy atom. The van der Waals surface area contributed by atoms with Crippen LogP contribution < -0.4 is 4.90 Å². The minimum absolute atomic E-state index is 0.0232. The zero-order valence-corrected chi connectivity index (χ0v) is 13.8. The lowest BCUT2D eigenvalue weighted by molar-refractivity contribution is 0.0663. The lowest BCUT2D eigenvalue weighted by atomic mass is 10.2. The second-order valence-corrected chi connectivity index (χ2v) is 6.85. The van der Waals surface area contributed by atoms with Crippen molar-refractivity contribution in [1.82, 2.24) is 30.0 Å². The van der Waals surface area contributed by atoms with E-state index in [-0.39, 0.29) is 11.4 Å². The number of anilines is 1. The first-order chi connectivity index (χ1) is 12.3. The number of H-pyrrole nitrogens is 2. The van der Waals surface area contributed by atoms with Crippen molar-refractivity contribution < 1.29 is 4.79 Å². The molecule has 1 spiro atoms. The van der Waals surface area contributed by atoms with E-state index < -0.39 is 0 Å². The molecule has 0 aromatic carbocycles. The summed E-state index contributed by atoms with van der Waals surface area (Å²) in [6.07, 6.45) is 8.16. The molecular formula is C17H19N7O. The van der Waals surface area contributed by atoms with Crippen LogP contribution in [0, 0.1) is 0 Å². The number of fused-ring (bicyclic) bond motifs is 1. The highest BCUT2D eigenvalue weighted by Gasteiger charge is 2.52. The fourth-order valence-electron chi connectivity index (χ4n) is 3.87. The summed E-state index contributed by atoms with van der Waals surface area (Å²) in [4.78, 5) is 29.2. The second-order valence-electron chi connectivity index (χ2n) is 6.85. The van der Waals surface area contributed by atoms with Gasteiger partial charge in [0.05, 0.1) is 10.9 Å². The number of hydrogen-bond acceptors (Lipinski definition) is 5. The van der Waals surface area contributed by atoms with E-state index in [1.807, 2.05) is 17.2 Å². The van der Waals surface area contributed by atoms with Crippen LogP contribution in [0.15, 0.2) is 30.9 Å². The summed E-state index contributed by atoms with van der Waals surface area (Å²) in [5.74, 6) is 0.974. The molecule has 4 heterocycles. The van der Waals surface area contributed by atoms with Crippen molar-refractivity contribution in [2.75, 3.05) is 24.5 Å². The van der Waals surface area contributed by atoms with Crippen molar-refractivity contribution in [2.24, 2.45) is 0 Å². The summed E-state index contributed by atoms with van der Waals surface area (Å²) in [5, 5.41) is 7.84. The molecule has 0 atom stereocenters. The third-order valence-electron chi connectivity index (χ3n) is 5.29. The van der Waals surface area contributed by atoms with Crippen molar-refractivity contribution >= 4 is 22.8 Å². The van der Waals surface area contributed by atoms with Crippen LogP contribution in [0.4, 0.5) is 5.82 Å². The van der Waals surface area contributed by atoms with E-state index in [0.717, 1.165) is 55.7 Å². The molecule has 2 aliphatic rings. The molecule has 3 aromatic heterocycles. The minimum atomic E-state index is -0.0971. The molecule has 1 aliphatic heterocycles. The predicted octanol–water partition coefficient (Wildman–Crippen LogP) is 1.57. The van der Waals surface area contributed by atoms with Crippen LogP contribution in [-0.4, -0.2) is 61.1 Å². The lowest BCUT2D eigenvalue weighted by Crippen LogP contribution is -2.47. The minimum Gasteiger partial charge on any atom is -0.354 e. The molecule has 0 radical (unpaired) electrons. The molecule has 5 rings (SSSR count). The van der Waals surface area contributed by atoms with Crippen molar-refractivity contribution in [1.29, 1.82) is 0 Å². The van der Waals surface area contributed by atoms with E-state index >= 15 is 0 Å². The molecule has 25 heavy (non-hydrogen) atoms. The molecule has 1 saturated carbocycles. The van der Waals surface area contributed by atoms with Crippen molar-refractivity contribution in [3.8, 4) is 0 Å². The number of carbonyl (C=O) groups excluding carboxylic acids is 1. The number of aromatic nitrogens is 5. The summed E-state index contributed by atoms with van der Waals surface area (Å²) >= 11 is 0. The maximum atomic E-state index is 12.9. The van der Waals surface area contributed by atoms with Gasteiger partial charge in [0.2, 0.25) is 0 Å². The first-order valence-corrected chi connectivity index (χ1v) is 8.62. The second kappa shape index (κ2) is 5.30. The van der Waals surface area contributed by atoms with E-state index in [4.69, 9.17) is 0 Å². The Morgan fingerprint density at radius 1 is 1.16 bits per heavy atom. The smallest absolute Gasteiger partial charge is 0.274 e. The van der Waals surface area contributed by atoms with Crippen molar-refractivity contribution in [3.05, 3.63) is 36.5 Å². The summed E-state index contributed by atoms with van der Waals surface area (Å²) in [6.45, 7) is 2.44. The average molecular weight is 337 g/mol. The van der Waals surface area contributed by atoms with Gasteiger partial charge in [0, 0.05) is 32.0 Å². The van der Waals surface area contributed by atoms with Crippen LogP contribution in [0.2, 0.25) is 0 Å². The highest BCUT2D eigenvalue weighted by molar-refractivity contribution is 5.93. The van der Waals surface area contributed by atoms with E-state index in [0.29, 0.717) is 5.69 Å². The molecule has 2 fully saturated rings. The Bertz CT molecular complexity index is 912. The van der Waals surface area contributed by atoms with Gasteiger partial charge in [-0.25, -0.2) is 9.97 Å². The number of carbonyl (C=O) groups is 1. The van der Waals surface area contributed by atoms with Gasteiger partial charge in [0.15, 0.2) is 0 Å². The predicted molar refractivity (Wildman–Crippen MR) is 92.3 cm³/mol. The zero-order valence-electron chi connectivity index (χ0n) is 13.8. The molecule has 2 N–H and O–H groups in total. The molecule has 128 valence electrons. The van der Waals surface area contributed by atoms with E-state index in [1.165, 1.54) is 0 Å². The van der Waals surface area contributed by atoms with Crippen LogP contribution in [0.25, 0.3) is 11.0 Å². The van der Waals surface area contributed by atoms with E-state index in [2.05, 4.69) is 30.0 Å². The van der Waals surface area contributed by atoms with Crippen molar-refractivity contribution in [3.63, 3.8) is 0 Å². The molecule has 1 aliphatic carbocycles. The van der Waals surface area contributed by atoms with E-state index in [1.54, 1.807) is 18.6 Å². The number of nitrogens with zero attached hydrogens (tertiary/aromatic N) is 5. The molecule has 1 amide bonds. The summed E-state index contributed by atoms with van der Waals surface area (Å²) in [7, 11) is 0. The SMILES string of the molecule is O=C(c1cc[nH]n1)N1CCCN(c2ncnc3[nH]ccc23)CC12CC2. The Kier molecular flexibility index (Phi) is 3.06. The quantitative estimate of drug-likeness (QED) is 0.740. The fourth-order valence-corrected chi connectivity index (χ4v) is 3.87. The number of rotatable bonds is 2. The number of aromatic amines is 2. The van der Waals surface area contributed by atoms with Crippen molar-refractivity contribution in [2.45, 2.75) is 24.8 Å². The first-order valence-electron chi connectivity index (χ1n) is 8.62. The standard InChI is InChI=1S/C17H19N7O/c25-16(13-3-7-21-22-13)24-9-1-8-23(10-17(24)4-5-17)15-12-2-6-18-14(12)19-11-20-15/h2-3,6-7,11H,1,4-5,8-10H2,(H,21,22)(H,18,19,20). The van der Waals surface area contributed by atoms with Gasteiger partial charge in [-0.15, -0.1) is 0 Å². The summed E-state index contributed by atoms with van der Waals surface area (Å²) in [6, 6.07) is 3.76. The topological polar surface area (TPSA) is 93.8 Å². The summed E-state index contributed by atoms with van der Waals surface area (Å²) in [5.41, 5.74) is 1.25. The highest BCUT2D eigenvalue weighted by Crippen LogP contribution is 2.45. The monoisotopic (exact) mass is 337 g/mol. The maximum Gasteiger partial charge on any atom is 0.274 e. The number of hydrogen-bond donors (Lipinski definition) is 2. The molecule has 0 bridgehead atoms. The molecule has 1 saturated heterocycles. The van der Waals surface area contributed by atoms with Gasteiger partial charge >= 0.3 is 0 Å². The van der Waals surface area contributed by atoms with E-state index in [9.17, 15) is 4.79 Å². The van der Waals surface area contributed by atoms with Gasteiger partial charge in [-0.05, 0) is 31.4 Å². The van der Waals surface area contributed by atoms with Crippen LogP contribution in [0.5, 0.6) is 0 Å². The Labute approximate surface area is 144 Å². The largest absolute Gasteiger partial charge is 0.354 e. The van der Waals surface area contributed by atoms with Crippen LogP contribution in [-0.2, 0) is 0 Å². The third kappa shape index (κ3) is 2.28. The first kappa shape index (κ1) is 14.4. The van der Waals surface area contributed by atoms with Gasteiger partial charge in [-0.2, -0.15) is 5.10 Å². The van der Waals surface area contributed by atoms with Crippen LogP contribution in [0.1, 0.15) is 29.8 Å². The van der Waals surface area contributed by atoms with Gasteiger partial charge in [-0.3, -0.25) is 9.89 Å². The number of nitrogens with one attached hydrogen (secondary N) is 2. The van der Waals surface area contributed by atoms with Gasteiger partial charge in [-0.1, -0.05) is 0 Å². The molecule has 0 unspecified atom stereocenters. The maximum absolute atomic E-state index is 12.9. The van der Waals surface area contributed by atoms with Gasteiger partial charge in [0.1, 0.15) is 23.5 Å². The van der Waals surface area contributed by atoms with Crippen LogP contribution >= 0.6 is 0 Å². The zero-order chi connectivity index (χ0) is 16.9.